The molecule has 0 aromatic heterocycles. The van der Waals surface area contributed by atoms with Crippen molar-refractivity contribution in [1.29, 1.82) is 0 Å². The standard InChI is InChI=1S/C34H31N3O9/c1-4-44-22-35-23(3)30(33(38)45-5-2)29(17-16-24-12-8-6-9-13-24)31(32(35)26-14-10-7-11-15-26)34(39)46-21-25-18-27(36(40)41)20-28(19-25)37(42)43/h6-15,18-20,29H,4-5,21-22H2,1-3H3. The first-order valence-electron chi connectivity index (χ1n) is 14.3. The average Bonchev–Trinajstić information content (AvgIpc) is 3.06. The van der Waals surface area contributed by atoms with E-state index in [1.54, 1.807) is 67.3 Å². The molecule has 1 heterocycles. The predicted molar refractivity (Wildman–Crippen MR) is 167 cm³/mol. The van der Waals surface area contributed by atoms with Crippen LogP contribution in [-0.4, -0.2) is 46.6 Å². The molecule has 0 N–H and O–H groups in total. The minimum atomic E-state index is -1.13. The Labute approximate surface area is 265 Å². The number of allylic oxidation sites excluding steroid dienone is 1. The smallest absolute Gasteiger partial charge is 0.338 e. The molecule has 3 aromatic rings. The second-order valence-corrected chi connectivity index (χ2v) is 9.91. The first kappa shape index (κ1) is 33.1. The lowest BCUT2D eigenvalue weighted by atomic mass is 9.83. The predicted octanol–water partition coefficient (Wildman–Crippen LogP) is 5.77. The average molecular weight is 626 g/mol. The highest BCUT2D eigenvalue weighted by Gasteiger charge is 2.41. The van der Waals surface area contributed by atoms with Crippen LogP contribution >= 0.6 is 0 Å². The van der Waals surface area contributed by atoms with Gasteiger partial charge in [-0.1, -0.05) is 60.4 Å². The number of non-ortho nitro benzene ring substituents is 2. The van der Waals surface area contributed by atoms with E-state index in [1.807, 2.05) is 19.1 Å². The van der Waals surface area contributed by atoms with Crippen LogP contribution in [0.3, 0.4) is 0 Å². The Morgan fingerprint density at radius 2 is 1.41 bits per heavy atom. The summed E-state index contributed by atoms with van der Waals surface area (Å²) in [6.07, 6.45) is 0. The lowest BCUT2D eigenvalue weighted by Crippen LogP contribution is -2.37. The highest BCUT2D eigenvalue weighted by Crippen LogP contribution is 2.41. The van der Waals surface area contributed by atoms with E-state index >= 15 is 0 Å². The third kappa shape index (κ3) is 7.64. The minimum Gasteiger partial charge on any atom is -0.463 e. The van der Waals surface area contributed by atoms with Gasteiger partial charge in [0.05, 0.1) is 45.3 Å². The Balaban J connectivity index is 1.92. The van der Waals surface area contributed by atoms with Crippen LogP contribution in [0.1, 0.15) is 37.5 Å². The maximum absolute atomic E-state index is 14.2. The molecule has 0 fully saturated rings. The molecule has 236 valence electrons. The third-order valence-corrected chi connectivity index (χ3v) is 6.97. The van der Waals surface area contributed by atoms with Crippen LogP contribution in [0.4, 0.5) is 11.4 Å². The zero-order valence-electron chi connectivity index (χ0n) is 25.4. The summed E-state index contributed by atoms with van der Waals surface area (Å²) >= 11 is 0. The van der Waals surface area contributed by atoms with Crippen LogP contribution < -0.4 is 0 Å². The van der Waals surface area contributed by atoms with Gasteiger partial charge < -0.3 is 19.1 Å². The van der Waals surface area contributed by atoms with Gasteiger partial charge in [0.1, 0.15) is 13.3 Å². The molecular formula is C34H31N3O9. The van der Waals surface area contributed by atoms with Crippen molar-refractivity contribution in [3.05, 3.63) is 133 Å². The number of esters is 2. The fourth-order valence-corrected chi connectivity index (χ4v) is 4.89. The highest BCUT2D eigenvalue weighted by atomic mass is 16.6. The SMILES string of the molecule is CCOCN1C(C)=C(C(=O)OCC)C(C#Cc2ccccc2)C(C(=O)OCc2cc([N+](=O)[O-])cc([N+](=O)[O-])c2)=C1c1ccccc1. The van der Waals surface area contributed by atoms with Crippen LogP contribution in [-0.2, 0) is 30.4 Å². The van der Waals surface area contributed by atoms with Crippen molar-refractivity contribution in [3.8, 4) is 11.8 Å². The number of carbonyl (C=O) groups is 2. The van der Waals surface area contributed by atoms with Crippen LogP contribution in [0.5, 0.6) is 0 Å². The third-order valence-electron chi connectivity index (χ3n) is 6.97. The van der Waals surface area contributed by atoms with E-state index in [9.17, 15) is 29.8 Å². The van der Waals surface area contributed by atoms with Crippen LogP contribution in [0.15, 0.2) is 95.7 Å². The number of nitro benzene ring substituents is 2. The second-order valence-electron chi connectivity index (χ2n) is 9.91. The topological polar surface area (TPSA) is 151 Å². The molecule has 0 radical (unpaired) electrons. The van der Waals surface area contributed by atoms with Gasteiger partial charge in [-0.2, -0.15) is 0 Å². The Kier molecular flexibility index (Phi) is 11.0. The maximum Gasteiger partial charge on any atom is 0.338 e. The number of ether oxygens (including phenoxy) is 3. The molecule has 0 saturated heterocycles. The van der Waals surface area contributed by atoms with Gasteiger partial charge in [0.2, 0.25) is 0 Å². The number of nitrogens with zero attached hydrogens (tertiary/aromatic N) is 3. The van der Waals surface area contributed by atoms with Gasteiger partial charge in [-0.25, -0.2) is 9.59 Å². The van der Waals surface area contributed by atoms with Crippen molar-refractivity contribution in [1.82, 2.24) is 4.90 Å². The zero-order chi connectivity index (χ0) is 33.2. The van der Waals surface area contributed by atoms with Crippen molar-refractivity contribution in [2.45, 2.75) is 27.4 Å². The molecular weight excluding hydrogens is 594 g/mol. The second kappa shape index (κ2) is 15.3. The van der Waals surface area contributed by atoms with E-state index < -0.39 is 45.7 Å². The van der Waals surface area contributed by atoms with Crippen molar-refractivity contribution in [2.24, 2.45) is 5.92 Å². The number of nitro groups is 2. The molecule has 0 bridgehead atoms. The molecule has 3 aromatic carbocycles. The molecule has 0 aliphatic carbocycles. The Morgan fingerprint density at radius 3 is 1.98 bits per heavy atom. The lowest BCUT2D eigenvalue weighted by molar-refractivity contribution is -0.394. The normalized spacial score (nSPS) is 14.3. The van der Waals surface area contributed by atoms with Gasteiger partial charge in [-0.15, -0.1) is 0 Å². The molecule has 1 aliphatic rings. The van der Waals surface area contributed by atoms with E-state index in [1.165, 1.54) is 0 Å². The first-order valence-corrected chi connectivity index (χ1v) is 14.3. The van der Waals surface area contributed by atoms with Crippen molar-refractivity contribution < 1.29 is 33.6 Å². The number of hydrogen-bond acceptors (Lipinski definition) is 10. The Morgan fingerprint density at radius 1 is 0.826 bits per heavy atom. The Hall–Kier alpha value is -5.80. The molecule has 12 heteroatoms. The van der Waals surface area contributed by atoms with Gasteiger partial charge in [-0.3, -0.25) is 20.2 Å². The summed E-state index contributed by atoms with van der Waals surface area (Å²) in [5.41, 5.74) is 1.17. The Bertz CT molecular complexity index is 1720. The monoisotopic (exact) mass is 625 g/mol. The number of benzene rings is 3. The molecule has 4 rings (SSSR count). The van der Waals surface area contributed by atoms with Gasteiger partial charge in [0, 0.05) is 35.6 Å². The summed E-state index contributed by atoms with van der Waals surface area (Å²) < 4.78 is 16.9. The summed E-state index contributed by atoms with van der Waals surface area (Å²) in [5.74, 6) is 3.46. The van der Waals surface area contributed by atoms with E-state index in [-0.39, 0.29) is 30.0 Å². The molecule has 0 saturated carbocycles. The van der Waals surface area contributed by atoms with Gasteiger partial charge in [-0.05, 0) is 38.5 Å². The van der Waals surface area contributed by atoms with Crippen molar-refractivity contribution in [3.63, 3.8) is 0 Å². The molecule has 1 aliphatic heterocycles. The van der Waals surface area contributed by atoms with E-state index in [0.29, 0.717) is 29.1 Å². The first-order chi connectivity index (χ1) is 22.2. The molecule has 1 unspecified atom stereocenters. The minimum absolute atomic E-state index is 0.00270. The van der Waals surface area contributed by atoms with E-state index in [2.05, 4.69) is 11.8 Å². The van der Waals surface area contributed by atoms with Crippen molar-refractivity contribution >= 4 is 29.0 Å². The number of carbonyl (C=O) groups excluding carboxylic acids is 2. The summed E-state index contributed by atoms with van der Waals surface area (Å²) in [6, 6.07) is 21.0. The largest absolute Gasteiger partial charge is 0.463 e. The summed E-state index contributed by atoms with van der Waals surface area (Å²) in [4.78, 5) is 50.8. The summed E-state index contributed by atoms with van der Waals surface area (Å²) in [6.45, 7) is 5.04. The lowest BCUT2D eigenvalue weighted by Gasteiger charge is -2.37. The maximum atomic E-state index is 14.2. The van der Waals surface area contributed by atoms with Crippen LogP contribution in [0, 0.1) is 38.0 Å². The van der Waals surface area contributed by atoms with Crippen LogP contribution in [0.2, 0.25) is 0 Å². The molecule has 46 heavy (non-hydrogen) atoms. The van der Waals surface area contributed by atoms with E-state index in [4.69, 9.17) is 14.2 Å². The number of hydrogen-bond donors (Lipinski definition) is 0. The summed E-state index contributed by atoms with van der Waals surface area (Å²) in [7, 11) is 0. The molecule has 1 atom stereocenters. The quantitative estimate of drug-likeness (QED) is 0.111. The van der Waals surface area contributed by atoms with E-state index in [0.717, 1.165) is 18.2 Å². The fraction of sp³-hybridized carbons (Fsp3) is 0.235. The number of rotatable bonds is 11. The van der Waals surface area contributed by atoms with Gasteiger partial charge in [0.15, 0.2) is 0 Å². The zero-order valence-corrected chi connectivity index (χ0v) is 25.4. The summed E-state index contributed by atoms with van der Waals surface area (Å²) in [5, 5.41) is 22.9. The van der Waals surface area contributed by atoms with Gasteiger partial charge >= 0.3 is 11.9 Å². The molecule has 12 nitrogen and oxygen atoms in total. The fourth-order valence-electron chi connectivity index (χ4n) is 4.89. The van der Waals surface area contributed by atoms with Crippen molar-refractivity contribution in [2.75, 3.05) is 19.9 Å². The highest BCUT2D eigenvalue weighted by molar-refractivity contribution is 6.04. The van der Waals surface area contributed by atoms with Crippen LogP contribution in [0.25, 0.3) is 5.70 Å². The molecule has 0 amide bonds. The van der Waals surface area contributed by atoms with Gasteiger partial charge in [0.25, 0.3) is 11.4 Å². The molecule has 0 spiro atoms.